The van der Waals surface area contributed by atoms with Crippen LogP contribution in [0.2, 0.25) is 0 Å². The van der Waals surface area contributed by atoms with Crippen LogP contribution >= 0.6 is 27.3 Å². The molecule has 0 radical (unpaired) electrons. The molecule has 1 N–H and O–H groups in total. The number of guanidine groups is 1. The highest BCUT2D eigenvalue weighted by atomic mass is 79.9. The van der Waals surface area contributed by atoms with Crippen LogP contribution in [0.4, 0.5) is 0 Å². The first-order valence-corrected chi connectivity index (χ1v) is 10.3. The first-order valence-electron chi connectivity index (χ1n) is 8.65. The molecule has 2 saturated heterocycles. The predicted molar refractivity (Wildman–Crippen MR) is 104 cm³/mol. The SMILES string of the molecule is CCNC(=NCC1(C)COC1)N1CCN(Cc2ccc(Br)s2)CC1. The van der Waals surface area contributed by atoms with Crippen molar-refractivity contribution in [3.63, 3.8) is 0 Å². The first kappa shape index (κ1) is 18.2. The van der Waals surface area contributed by atoms with Crippen LogP contribution in [-0.2, 0) is 11.3 Å². The van der Waals surface area contributed by atoms with E-state index in [1.807, 2.05) is 11.3 Å². The van der Waals surface area contributed by atoms with Crippen molar-refractivity contribution in [3.05, 3.63) is 20.8 Å². The molecule has 3 rings (SSSR count). The maximum Gasteiger partial charge on any atom is 0.194 e. The number of piperazine rings is 1. The van der Waals surface area contributed by atoms with E-state index in [4.69, 9.17) is 9.73 Å². The molecule has 134 valence electrons. The highest BCUT2D eigenvalue weighted by molar-refractivity contribution is 9.11. The minimum absolute atomic E-state index is 0.231. The Kier molecular flexibility index (Phi) is 6.18. The molecule has 0 spiro atoms. The van der Waals surface area contributed by atoms with Gasteiger partial charge in [0.2, 0.25) is 0 Å². The molecular formula is C17H27BrN4OS. The lowest BCUT2D eigenvalue weighted by Crippen LogP contribution is -2.52. The van der Waals surface area contributed by atoms with Crippen LogP contribution in [0.3, 0.4) is 0 Å². The Morgan fingerprint density at radius 3 is 2.62 bits per heavy atom. The van der Waals surface area contributed by atoms with E-state index < -0.39 is 0 Å². The van der Waals surface area contributed by atoms with Crippen LogP contribution < -0.4 is 5.32 Å². The Morgan fingerprint density at radius 2 is 2.08 bits per heavy atom. The molecule has 1 aromatic rings. The second-order valence-electron chi connectivity index (χ2n) is 6.94. The zero-order valence-corrected chi connectivity index (χ0v) is 17.0. The van der Waals surface area contributed by atoms with Crippen LogP contribution in [0.1, 0.15) is 18.7 Å². The second-order valence-corrected chi connectivity index (χ2v) is 9.49. The monoisotopic (exact) mass is 414 g/mol. The van der Waals surface area contributed by atoms with Crippen LogP contribution in [0, 0.1) is 5.41 Å². The van der Waals surface area contributed by atoms with Gasteiger partial charge in [-0.15, -0.1) is 11.3 Å². The molecule has 0 bridgehead atoms. The molecule has 0 atom stereocenters. The number of halogens is 1. The van der Waals surface area contributed by atoms with Gasteiger partial charge in [0.15, 0.2) is 5.96 Å². The summed E-state index contributed by atoms with van der Waals surface area (Å²) in [6, 6.07) is 4.35. The zero-order valence-electron chi connectivity index (χ0n) is 14.6. The molecule has 0 saturated carbocycles. The summed E-state index contributed by atoms with van der Waals surface area (Å²) in [6.45, 7) is 13.1. The Balaban J connectivity index is 1.51. The van der Waals surface area contributed by atoms with Gasteiger partial charge >= 0.3 is 0 Å². The van der Waals surface area contributed by atoms with Crippen molar-refractivity contribution in [1.82, 2.24) is 15.1 Å². The fourth-order valence-corrected chi connectivity index (χ4v) is 4.53. The van der Waals surface area contributed by atoms with Crippen molar-refractivity contribution < 1.29 is 4.74 Å². The Hall–Kier alpha value is -0.630. The number of hydrogen-bond donors (Lipinski definition) is 1. The van der Waals surface area contributed by atoms with E-state index in [1.54, 1.807) is 0 Å². The van der Waals surface area contributed by atoms with Gasteiger partial charge in [-0.05, 0) is 35.0 Å². The highest BCUT2D eigenvalue weighted by Gasteiger charge is 2.33. The maximum atomic E-state index is 5.34. The Morgan fingerprint density at radius 1 is 1.33 bits per heavy atom. The smallest absolute Gasteiger partial charge is 0.194 e. The quantitative estimate of drug-likeness (QED) is 0.593. The molecule has 7 heteroatoms. The van der Waals surface area contributed by atoms with Crippen molar-refractivity contribution in [2.24, 2.45) is 10.4 Å². The fourth-order valence-electron chi connectivity index (χ4n) is 3.01. The molecule has 24 heavy (non-hydrogen) atoms. The van der Waals surface area contributed by atoms with Gasteiger partial charge in [0.25, 0.3) is 0 Å². The van der Waals surface area contributed by atoms with E-state index in [-0.39, 0.29) is 5.41 Å². The molecule has 2 aliphatic rings. The molecule has 0 aromatic carbocycles. The number of nitrogens with one attached hydrogen (secondary N) is 1. The summed E-state index contributed by atoms with van der Waals surface area (Å²) in [7, 11) is 0. The lowest BCUT2D eigenvalue weighted by molar-refractivity contribution is -0.0946. The summed E-state index contributed by atoms with van der Waals surface area (Å²) >= 11 is 5.38. The van der Waals surface area contributed by atoms with Crippen molar-refractivity contribution in [3.8, 4) is 0 Å². The van der Waals surface area contributed by atoms with E-state index in [0.717, 1.165) is 65.0 Å². The topological polar surface area (TPSA) is 40.1 Å². The summed E-state index contributed by atoms with van der Waals surface area (Å²) in [6.07, 6.45) is 0. The molecule has 3 heterocycles. The van der Waals surface area contributed by atoms with Gasteiger partial charge < -0.3 is 15.0 Å². The molecule has 0 aliphatic carbocycles. The van der Waals surface area contributed by atoms with Crippen LogP contribution in [0.15, 0.2) is 20.9 Å². The van der Waals surface area contributed by atoms with Crippen LogP contribution in [0.5, 0.6) is 0 Å². The standard InChI is InChI=1S/C17H27BrN4OS/c1-3-19-16(20-11-17(2)12-23-13-17)22-8-6-21(7-9-22)10-14-4-5-15(18)24-14/h4-5H,3,6-13H2,1-2H3,(H,19,20). The van der Waals surface area contributed by atoms with Gasteiger partial charge in [-0.2, -0.15) is 0 Å². The van der Waals surface area contributed by atoms with Gasteiger partial charge in [0.05, 0.1) is 23.5 Å². The predicted octanol–water partition coefficient (Wildman–Crippen LogP) is 2.63. The average Bonchev–Trinajstić information content (AvgIpc) is 2.95. The van der Waals surface area contributed by atoms with Gasteiger partial charge in [-0.1, -0.05) is 6.92 Å². The Labute approximate surface area is 157 Å². The van der Waals surface area contributed by atoms with Gasteiger partial charge in [0.1, 0.15) is 0 Å². The first-order chi connectivity index (χ1) is 11.6. The number of rotatable bonds is 5. The maximum absolute atomic E-state index is 5.34. The average molecular weight is 415 g/mol. The summed E-state index contributed by atoms with van der Waals surface area (Å²) in [5.74, 6) is 1.06. The third-order valence-electron chi connectivity index (χ3n) is 4.53. The van der Waals surface area contributed by atoms with Gasteiger partial charge in [0, 0.05) is 49.6 Å². The van der Waals surface area contributed by atoms with Crippen molar-refractivity contribution in [1.29, 1.82) is 0 Å². The summed E-state index contributed by atoms with van der Waals surface area (Å²) in [5, 5.41) is 3.45. The third-order valence-corrected chi connectivity index (χ3v) is 6.14. The number of aliphatic imine (C=N–C) groups is 1. The minimum Gasteiger partial charge on any atom is -0.380 e. The van der Waals surface area contributed by atoms with Crippen molar-refractivity contribution in [2.45, 2.75) is 20.4 Å². The van der Waals surface area contributed by atoms with Gasteiger partial charge in [-0.25, -0.2) is 0 Å². The number of thiophene rings is 1. The third kappa shape index (κ3) is 4.71. The minimum atomic E-state index is 0.231. The van der Waals surface area contributed by atoms with Gasteiger partial charge in [-0.3, -0.25) is 9.89 Å². The van der Waals surface area contributed by atoms with E-state index in [1.165, 1.54) is 8.66 Å². The Bertz CT molecular complexity index is 565. The zero-order chi connectivity index (χ0) is 17.0. The summed E-state index contributed by atoms with van der Waals surface area (Å²) in [4.78, 5) is 11.2. The van der Waals surface area contributed by atoms with Crippen molar-refractivity contribution >= 4 is 33.2 Å². The van der Waals surface area contributed by atoms with Crippen LogP contribution in [-0.4, -0.2) is 68.2 Å². The molecule has 1 aromatic heterocycles. The lowest BCUT2D eigenvalue weighted by Gasteiger charge is -2.39. The molecule has 0 unspecified atom stereocenters. The second kappa shape index (κ2) is 8.17. The summed E-state index contributed by atoms with van der Waals surface area (Å²) in [5.41, 5.74) is 0.231. The summed E-state index contributed by atoms with van der Waals surface area (Å²) < 4.78 is 6.55. The fraction of sp³-hybridized carbons (Fsp3) is 0.706. The highest BCUT2D eigenvalue weighted by Crippen LogP contribution is 2.27. The van der Waals surface area contributed by atoms with E-state index in [0.29, 0.717) is 0 Å². The lowest BCUT2D eigenvalue weighted by atomic mass is 9.89. The van der Waals surface area contributed by atoms with E-state index in [2.05, 4.69) is 57.0 Å². The molecule has 5 nitrogen and oxygen atoms in total. The molecule has 2 aliphatic heterocycles. The number of nitrogens with zero attached hydrogens (tertiary/aromatic N) is 3. The number of ether oxygens (including phenoxy) is 1. The molecular weight excluding hydrogens is 388 g/mol. The van der Waals surface area contributed by atoms with Crippen molar-refractivity contribution in [2.75, 3.05) is 52.5 Å². The van der Waals surface area contributed by atoms with E-state index in [9.17, 15) is 0 Å². The largest absolute Gasteiger partial charge is 0.380 e. The number of hydrogen-bond acceptors (Lipinski definition) is 4. The normalized spacial score (nSPS) is 21.6. The molecule has 0 amide bonds. The van der Waals surface area contributed by atoms with Crippen LogP contribution in [0.25, 0.3) is 0 Å². The molecule has 2 fully saturated rings. The van der Waals surface area contributed by atoms with E-state index >= 15 is 0 Å².